The summed E-state index contributed by atoms with van der Waals surface area (Å²) in [5, 5.41) is 11.9. The number of hydrogen-bond acceptors (Lipinski definition) is 3. The minimum absolute atomic E-state index is 0.202. The highest BCUT2D eigenvalue weighted by molar-refractivity contribution is 6.08. The van der Waals surface area contributed by atoms with Gasteiger partial charge in [0.15, 0.2) is 0 Å². The fraction of sp³-hybridized carbons (Fsp3) is 0.267. The predicted octanol–water partition coefficient (Wildman–Crippen LogP) is 2.05. The molecule has 0 radical (unpaired) electrons. The van der Waals surface area contributed by atoms with E-state index < -0.39 is 0 Å². The van der Waals surface area contributed by atoms with Crippen molar-refractivity contribution in [1.82, 2.24) is 15.5 Å². The SMILES string of the molecule is CC(C)CNC(=O)c1ccccc1NC(=O)c1cn[nH]c1. The van der Waals surface area contributed by atoms with Gasteiger partial charge in [0, 0.05) is 12.7 Å². The highest BCUT2D eigenvalue weighted by Gasteiger charge is 2.14. The molecular weight excluding hydrogens is 268 g/mol. The lowest BCUT2D eigenvalue weighted by Crippen LogP contribution is -2.28. The molecule has 0 aliphatic rings. The van der Waals surface area contributed by atoms with E-state index in [2.05, 4.69) is 20.8 Å². The fourth-order valence-corrected chi connectivity index (χ4v) is 1.75. The lowest BCUT2D eigenvalue weighted by molar-refractivity contribution is 0.0950. The molecule has 0 fully saturated rings. The molecule has 0 atom stereocenters. The molecule has 0 aliphatic carbocycles. The molecule has 1 aromatic heterocycles. The van der Waals surface area contributed by atoms with E-state index in [1.807, 2.05) is 13.8 Å². The van der Waals surface area contributed by atoms with Gasteiger partial charge in [0.1, 0.15) is 0 Å². The third kappa shape index (κ3) is 3.92. The van der Waals surface area contributed by atoms with Crippen molar-refractivity contribution in [3.8, 4) is 0 Å². The van der Waals surface area contributed by atoms with Gasteiger partial charge in [-0.1, -0.05) is 26.0 Å². The van der Waals surface area contributed by atoms with Gasteiger partial charge in [0.2, 0.25) is 0 Å². The molecule has 110 valence electrons. The summed E-state index contributed by atoms with van der Waals surface area (Å²) in [7, 11) is 0. The summed E-state index contributed by atoms with van der Waals surface area (Å²) in [6.45, 7) is 4.63. The number of para-hydroxylation sites is 1. The number of aromatic nitrogens is 2. The van der Waals surface area contributed by atoms with E-state index in [1.54, 1.807) is 24.3 Å². The lowest BCUT2D eigenvalue weighted by Gasteiger charge is -2.12. The maximum Gasteiger partial charge on any atom is 0.258 e. The van der Waals surface area contributed by atoms with Gasteiger partial charge in [0.05, 0.1) is 23.0 Å². The Kier molecular flexibility index (Phi) is 4.71. The molecule has 2 amide bonds. The molecule has 1 aromatic carbocycles. The number of rotatable bonds is 5. The van der Waals surface area contributed by atoms with Crippen LogP contribution in [0, 0.1) is 5.92 Å². The van der Waals surface area contributed by atoms with Crippen molar-refractivity contribution in [3.05, 3.63) is 47.8 Å². The second-order valence-corrected chi connectivity index (χ2v) is 5.09. The van der Waals surface area contributed by atoms with E-state index in [1.165, 1.54) is 12.4 Å². The van der Waals surface area contributed by atoms with Crippen LogP contribution in [-0.4, -0.2) is 28.6 Å². The monoisotopic (exact) mass is 286 g/mol. The largest absolute Gasteiger partial charge is 0.352 e. The first kappa shape index (κ1) is 14.8. The Bertz CT molecular complexity index is 620. The summed E-state index contributed by atoms with van der Waals surface area (Å²) in [4.78, 5) is 24.2. The summed E-state index contributed by atoms with van der Waals surface area (Å²) in [5.74, 6) is -0.152. The second-order valence-electron chi connectivity index (χ2n) is 5.09. The van der Waals surface area contributed by atoms with Gasteiger partial charge < -0.3 is 10.6 Å². The van der Waals surface area contributed by atoms with Crippen molar-refractivity contribution < 1.29 is 9.59 Å². The van der Waals surface area contributed by atoms with E-state index >= 15 is 0 Å². The van der Waals surface area contributed by atoms with Crippen molar-refractivity contribution in [2.45, 2.75) is 13.8 Å². The molecule has 2 aromatic rings. The zero-order chi connectivity index (χ0) is 15.2. The number of anilines is 1. The van der Waals surface area contributed by atoms with Crippen LogP contribution in [-0.2, 0) is 0 Å². The zero-order valence-electron chi connectivity index (χ0n) is 12.0. The van der Waals surface area contributed by atoms with Crippen LogP contribution in [0.25, 0.3) is 0 Å². The minimum Gasteiger partial charge on any atom is -0.352 e. The summed E-state index contributed by atoms with van der Waals surface area (Å²) in [6.07, 6.45) is 2.92. The van der Waals surface area contributed by atoms with Crippen LogP contribution in [0.5, 0.6) is 0 Å². The third-order valence-corrected chi connectivity index (χ3v) is 2.85. The average molecular weight is 286 g/mol. The van der Waals surface area contributed by atoms with Crippen LogP contribution in [0.15, 0.2) is 36.7 Å². The topological polar surface area (TPSA) is 86.9 Å². The maximum atomic E-state index is 12.2. The Labute approximate surface area is 122 Å². The molecule has 0 spiro atoms. The van der Waals surface area contributed by atoms with E-state index in [-0.39, 0.29) is 11.8 Å². The van der Waals surface area contributed by atoms with Gasteiger partial charge in [0.25, 0.3) is 11.8 Å². The standard InChI is InChI=1S/C15H18N4O2/c1-10(2)7-16-15(21)12-5-3-4-6-13(12)19-14(20)11-8-17-18-9-11/h3-6,8-10H,7H2,1-2H3,(H,16,21)(H,17,18)(H,19,20). The summed E-state index contributed by atoms with van der Waals surface area (Å²) in [6, 6.07) is 6.91. The van der Waals surface area contributed by atoms with E-state index in [0.717, 1.165) is 0 Å². The summed E-state index contributed by atoms with van der Waals surface area (Å²) >= 11 is 0. The summed E-state index contributed by atoms with van der Waals surface area (Å²) < 4.78 is 0. The molecule has 0 aliphatic heterocycles. The molecule has 0 saturated heterocycles. The Morgan fingerprint density at radius 3 is 2.67 bits per heavy atom. The highest BCUT2D eigenvalue weighted by atomic mass is 16.2. The number of hydrogen-bond donors (Lipinski definition) is 3. The normalized spacial score (nSPS) is 10.4. The van der Waals surface area contributed by atoms with Crippen molar-refractivity contribution >= 4 is 17.5 Å². The number of carbonyl (C=O) groups is 2. The van der Waals surface area contributed by atoms with Gasteiger partial charge in [-0.05, 0) is 18.1 Å². The number of H-pyrrole nitrogens is 1. The molecule has 2 rings (SSSR count). The van der Waals surface area contributed by atoms with Gasteiger partial charge in [-0.25, -0.2) is 0 Å². The second kappa shape index (κ2) is 6.69. The first-order chi connectivity index (χ1) is 10.1. The first-order valence-electron chi connectivity index (χ1n) is 6.75. The van der Waals surface area contributed by atoms with Gasteiger partial charge >= 0.3 is 0 Å². The fourth-order valence-electron chi connectivity index (χ4n) is 1.75. The number of benzene rings is 1. The van der Waals surface area contributed by atoms with Crippen molar-refractivity contribution in [3.63, 3.8) is 0 Å². The first-order valence-corrected chi connectivity index (χ1v) is 6.75. The van der Waals surface area contributed by atoms with Crippen molar-refractivity contribution in [1.29, 1.82) is 0 Å². The lowest BCUT2D eigenvalue weighted by atomic mass is 10.1. The van der Waals surface area contributed by atoms with E-state index in [0.29, 0.717) is 29.3 Å². The van der Waals surface area contributed by atoms with Crippen LogP contribution in [0.2, 0.25) is 0 Å². The number of nitrogens with one attached hydrogen (secondary N) is 3. The molecule has 0 saturated carbocycles. The predicted molar refractivity (Wildman–Crippen MR) is 80.2 cm³/mol. The van der Waals surface area contributed by atoms with Crippen LogP contribution < -0.4 is 10.6 Å². The number of carbonyl (C=O) groups excluding carboxylic acids is 2. The molecule has 6 nitrogen and oxygen atoms in total. The molecule has 3 N–H and O–H groups in total. The average Bonchev–Trinajstić information content (AvgIpc) is 2.99. The zero-order valence-corrected chi connectivity index (χ0v) is 12.0. The van der Waals surface area contributed by atoms with E-state index in [9.17, 15) is 9.59 Å². The minimum atomic E-state index is -0.312. The van der Waals surface area contributed by atoms with Crippen molar-refractivity contribution in [2.24, 2.45) is 5.92 Å². The summed E-state index contributed by atoms with van der Waals surface area (Å²) in [5.41, 5.74) is 1.33. The molecule has 0 bridgehead atoms. The molecule has 0 unspecified atom stereocenters. The van der Waals surface area contributed by atoms with E-state index in [4.69, 9.17) is 0 Å². The number of aromatic amines is 1. The Morgan fingerprint density at radius 2 is 2.00 bits per heavy atom. The van der Waals surface area contributed by atoms with Gasteiger partial charge in [-0.3, -0.25) is 14.7 Å². The Balaban J connectivity index is 2.13. The van der Waals surface area contributed by atoms with Crippen LogP contribution >= 0.6 is 0 Å². The molecule has 21 heavy (non-hydrogen) atoms. The highest BCUT2D eigenvalue weighted by Crippen LogP contribution is 2.16. The van der Waals surface area contributed by atoms with Gasteiger partial charge in [-0.15, -0.1) is 0 Å². The van der Waals surface area contributed by atoms with Crippen LogP contribution in [0.1, 0.15) is 34.6 Å². The smallest absolute Gasteiger partial charge is 0.258 e. The number of nitrogens with zero attached hydrogens (tertiary/aromatic N) is 1. The van der Waals surface area contributed by atoms with Gasteiger partial charge in [-0.2, -0.15) is 5.10 Å². The third-order valence-electron chi connectivity index (χ3n) is 2.85. The molecular formula is C15H18N4O2. The molecule has 6 heteroatoms. The Morgan fingerprint density at radius 1 is 1.24 bits per heavy atom. The quantitative estimate of drug-likeness (QED) is 0.786. The van der Waals surface area contributed by atoms with Crippen LogP contribution in [0.3, 0.4) is 0 Å². The Hall–Kier alpha value is -2.63. The number of amides is 2. The maximum absolute atomic E-state index is 12.2. The molecule has 1 heterocycles. The van der Waals surface area contributed by atoms with Crippen molar-refractivity contribution in [2.75, 3.05) is 11.9 Å². The van der Waals surface area contributed by atoms with Crippen LogP contribution in [0.4, 0.5) is 5.69 Å².